The smallest absolute Gasteiger partial charge is 0.337 e. The lowest BCUT2D eigenvalue weighted by atomic mass is 10.1. The predicted molar refractivity (Wildman–Crippen MR) is 65.5 cm³/mol. The van der Waals surface area contributed by atoms with Gasteiger partial charge in [-0.2, -0.15) is 0 Å². The summed E-state index contributed by atoms with van der Waals surface area (Å²) in [6, 6.07) is 4.72. The van der Waals surface area contributed by atoms with Crippen molar-refractivity contribution in [2.24, 2.45) is 5.11 Å². The Balaban J connectivity index is 2.70. The Morgan fingerprint density at radius 1 is 1.59 bits per heavy atom. The third kappa shape index (κ3) is 3.89. The molecule has 0 fully saturated rings. The maximum Gasteiger partial charge on any atom is 0.337 e. The molecule has 0 saturated heterocycles. The molecule has 0 unspecified atom stereocenters. The summed E-state index contributed by atoms with van der Waals surface area (Å²) < 4.78 is 0. The fourth-order valence-corrected chi connectivity index (χ4v) is 1.28. The quantitative estimate of drug-likeness (QED) is 0.267. The van der Waals surface area contributed by atoms with E-state index in [1.807, 2.05) is 6.08 Å². The fourth-order valence-electron chi connectivity index (χ4n) is 1.28. The van der Waals surface area contributed by atoms with Crippen LogP contribution in [0.15, 0.2) is 29.4 Å². The van der Waals surface area contributed by atoms with Crippen molar-refractivity contribution in [3.05, 3.63) is 45.8 Å². The van der Waals surface area contributed by atoms with Crippen LogP contribution >= 0.6 is 0 Å². The summed E-state index contributed by atoms with van der Waals surface area (Å²) in [6.07, 6.45) is 4.27. The lowest BCUT2D eigenvalue weighted by Gasteiger charge is -2.01. The third-order valence-electron chi connectivity index (χ3n) is 2.08. The molecule has 0 aromatic heterocycles. The molecule has 0 bridgehead atoms. The highest BCUT2D eigenvalue weighted by atomic mass is 16.4. The van der Waals surface area contributed by atoms with E-state index in [9.17, 15) is 4.79 Å². The van der Waals surface area contributed by atoms with Crippen LogP contribution in [0, 0.1) is 0 Å². The number of nitrogen functional groups attached to an aromatic ring is 1. The van der Waals surface area contributed by atoms with Crippen LogP contribution in [0.3, 0.4) is 0 Å². The first-order chi connectivity index (χ1) is 8.15. The van der Waals surface area contributed by atoms with Crippen molar-refractivity contribution in [2.45, 2.75) is 6.42 Å². The third-order valence-corrected chi connectivity index (χ3v) is 2.08. The number of nitrogens with zero attached hydrogens (tertiary/aromatic N) is 3. The molecule has 1 aromatic carbocycles. The molecule has 0 spiro atoms. The molecule has 1 aromatic rings. The maximum absolute atomic E-state index is 10.7. The lowest BCUT2D eigenvalue weighted by molar-refractivity contribution is 0.0698. The van der Waals surface area contributed by atoms with E-state index in [1.54, 1.807) is 18.2 Å². The number of carboxylic acids is 1. The highest BCUT2D eigenvalue weighted by Crippen LogP contribution is 2.15. The molecule has 88 valence electrons. The average molecular weight is 232 g/mol. The van der Waals surface area contributed by atoms with Gasteiger partial charge in [-0.25, -0.2) is 4.79 Å². The second-order valence-electron chi connectivity index (χ2n) is 3.30. The summed E-state index contributed by atoms with van der Waals surface area (Å²) in [4.78, 5) is 13.4. The zero-order chi connectivity index (χ0) is 12.7. The van der Waals surface area contributed by atoms with Crippen LogP contribution in [0.25, 0.3) is 16.5 Å². The van der Waals surface area contributed by atoms with Crippen LogP contribution in [0.4, 0.5) is 5.69 Å². The van der Waals surface area contributed by atoms with Crippen LogP contribution in [-0.4, -0.2) is 17.6 Å². The van der Waals surface area contributed by atoms with E-state index in [2.05, 4.69) is 10.0 Å². The maximum atomic E-state index is 10.7. The van der Waals surface area contributed by atoms with Crippen LogP contribution < -0.4 is 5.73 Å². The molecule has 0 aliphatic rings. The minimum Gasteiger partial charge on any atom is -0.478 e. The van der Waals surface area contributed by atoms with Crippen LogP contribution in [0.1, 0.15) is 22.3 Å². The summed E-state index contributed by atoms with van der Waals surface area (Å²) in [5.41, 5.74) is 14.8. The van der Waals surface area contributed by atoms with Crippen molar-refractivity contribution < 1.29 is 9.90 Å². The van der Waals surface area contributed by atoms with E-state index in [-0.39, 0.29) is 11.3 Å². The second kappa shape index (κ2) is 6.19. The van der Waals surface area contributed by atoms with Gasteiger partial charge in [-0.05, 0) is 29.6 Å². The van der Waals surface area contributed by atoms with E-state index >= 15 is 0 Å². The van der Waals surface area contributed by atoms with Crippen molar-refractivity contribution >= 4 is 17.7 Å². The Labute approximate surface area is 98.0 Å². The Hall–Kier alpha value is -2.46. The molecule has 0 radical (unpaired) electrons. The summed E-state index contributed by atoms with van der Waals surface area (Å²) in [5.74, 6) is -1.04. The summed E-state index contributed by atoms with van der Waals surface area (Å²) >= 11 is 0. The van der Waals surface area contributed by atoms with E-state index in [4.69, 9.17) is 16.4 Å². The van der Waals surface area contributed by atoms with Crippen molar-refractivity contribution in [1.82, 2.24) is 0 Å². The van der Waals surface area contributed by atoms with Gasteiger partial charge in [0.05, 0.1) is 5.56 Å². The summed E-state index contributed by atoms with van der Waals surface area (Å²) in [6.45, 7) is 0.399. The molecule has 6 heteroatoms. The van der Waals surface area contributed by atoms with Gasteiger partial charge in [0, 0.05) is 17.1 Å². The second-order valence-corrected chi connectivity index (χ2v) is 3.30. The van der Waals surface area contributed by atoms with Crippen LogP contribution in [-0.2, 0) is 0 Å². The number of aromatic carboxylic acids is 1. The highest BCUT2D eigenvalue weighted by molar-refractivity contribution is 5.94. The monoisotopic (exact) mass is 232 g/mol. The number of carboxylic acid groups (broad SMARTS) is 1. The molecule has 0 aliphatic heterocycles. The predicted octanol–water partition coefficient (Wildman–Crippen LogP) is 2.68. The van der Waals surface area contributed by atoms with Gasteiger partial charge in [0.25, 0.3) is 0 Å². The highest BCUT2D eigenvalue weighted by Gasteiger charge is 2.06. The zero-order valence-corrected chi connectivity index (χ0v) is 9.08. The van der Waals surface area contributed by atoms with E-state index < -0.39 is 5.97 Å². The van der Waals surface area contributed by atoms with Gasteiger partial charge in [0.15, 0.2) is 0 Å². The standard InChI is InChI=1S/C11H12N4O2/c12-10-7-8(3-1-2-6-14-15-13)4-5-9(10)11(16)17/h1,3-5,7H,2,6,12H2,(H,16,17). The van der Waals surface area contributed by atoms with Crippen molar-refractivity contribution in [2.75, 3.05) is 12.3 Å². The van der Waals surface area contributed by atoms with Gasteiger partial charge in [-0.3, -0.25) is 0 Å². The summed E-state index contributed by atoms with van der Waals surface area (Å²) in [7, 11) is 0. The largest absolute Gasteiger partial charge is 0.478 e. The zero-order valence-electron chi connectivity index (χ0n) is 9.08. The molecule has 0 aliphatic carbocycles. The van der Waals surface area contributed by atoms with Gasteiger partial charge in [0.1, 0.15) is 0 Å². The SMILES string of the molecule is [N-]=[N+]=NCCC=Cc1ccc(C(=O)O)c(N)c1. The molecule has 0 heterocycles. The van der Waals surface area contributed by atoms with Crippen LogP contribution in [0.5, 0.6) is 0 Å². The topological polar surface area (TPSA) is 112 Å². The number of azide groups is 1. The molecule has 0 amide bonds. The average Bonchev–Trinajstić information content (AvgIpc) is 2.28. The minimum absolute atomic E-state index is 0.0937. The van der Waals surface area contributed by atoms with Gasteiger partial charge in [-0.15, -0.1) is 0 Å². The number of rotatable bonds is 5. The first-order valence-electron chi connectivity index (χ1n) is 4.95. The molecule has 1 rings (SSSR count). The first kappa shape index (κ1) is 12.6. The van der Waals surface area contributed by atoms with Crippen LogP contribution in [0.2, 0.25) is 0 Å². The van der Waals surface area contributed by atoms with E-state index in [1.165, 1.54) is 6.07 Å². The van der Waals surface area contributed by atoms with Crippen molar-refractivity contribution in [3.8, 4) is 0 Å². The van der Waals surface area contributed by atoms with E-state index in [0.29, 0.717) is 13.0 Å². The molecule has 3 N–H and O–H groups in total. The number of benzene rings is 1. The number of carbonyl (C=O) groups is 1. The van der Waals surface area contributed by atoms with Crippen molar-refractivity contribution in [1.29, 1.82) is 0 Å². The Bertz CT molecular complexity index is 490. The Morgan fingerprint density at radius 2 is 2.35 bits per heavy atom. The number of hydrogen-bond acceptors (Lipinski definition) is 3. The molecular weight excluding hydrogens is 220 g/mol. The number of hydrogen-bond donors (Lipinski definition) is 2. The minimum atomic E-state index is -1.04. The first-order valence-corrected chi connectivity index (χ1v) is 4.95. The normalized spacial score (nSPS) is 10.1. The number of anilines is 1. The van der Waals surface area contributed by atoms with Gasteiger partial charge < -0.3 is 10.8 Å². The van der Waals surface area contributed by atoms with E-state index in [0.717, 1.165) is 5.56 Å². The fraction of sp³-hybridized carbons (Fsp3) is 0.182. The van der Waals surface area contributed by atoms with Gasteiger partial charge >= 0.3 is 5.97 Å². The Kier molecular flexibility index (Phi) is 4.59. The van der Waals surface area contributed by atoms with Gasteiger partial charge in [-0.1, -0.05) is 23.3 Å². The van der Waals surface area contributed by atoms with Gasteiger partial charge in [0.2, 0.25) is 0 Å². The lowest BCUT2D eigenvalue weighted by Crippen LogP contribution is -2.01. The molecule has 6 nitrogen and oxygen atoms in total. The molecule has 17 heavy (non-hydrogen) atoms. The molecular formula is C11H12N4O2. The Morgan fingerprint density at radius 3 is 2.94 bits per heavy atom. The summed E-state index contributed by atoms with van der Waals surface area (Å²) in [5, 5.41) is 12.2. The number of nitrogens with two attached hydrogens (primary N) is 1. The van der Waals surface area contributed by atoms with Crippen molar-refractivity contribution in [3.63, 3.8) is 0 Å². The molecule has 0 saturated carbocycles. The molecule has 0 atom stereocenters.